The van der Waals surface area contributed by atoms with E-state index in [1.54, 1.807) is 12.1 Å². The van der Waals surface area contributed by atoms with Gasteiger partial charge in [0.15, 0.2) is 5.78 Å². The highest BCUT2D eigenvalue weighted by Gasteiger charge is 2.35. The monoisotopic (exact) mass is 500 g/mol. The van der Waals surface area contributed by atoms with Crippen LogP contribution in [0.1, 0.15) is 114 Å². The van der Waals surface area contributed by atoms with Crippen LogP contribution in [0.25, 0.3) is 0 Å². The number of Topliss-reactive ketones (excluding diaryl/α,β-unsaturated/α-hetero) is 1. The molecule has 3 aliphatic rings. The van der Waals surface area contributed by atoms with Crippen molar-refractivity contribution >= 4 is 17.6 Å². The molecule has 3 fully saturated rings. The first-order valence-corrected chi connectivity index (χ1v) is 14.3. The number of nitrogens with one attached hydrogen (secondary N) is 1. The summed E-state index contributed by atoms with van der Waals surface area (Å²) in [6.07, 6.45) is 11.6. The Bertz CT molecular complexity index is 943. The number of nitrogens with zero attached hydrogens (tertiary/aromatic N) is 1. The van der Waals surface area contributed by atoms with Crippen molar-refractivity contribution in [2.45, 2.75) is 103 Å². The molecule has 3 atom stereocenters. The molecule has 1 aromatic rings. The van der Waals surface area contributed by atoms with Crippen LogP contribution in [-0.4, -0.2) is 41.6 Å². The molecule has 1 heterocycles. The summed E-state index contributed by atoms with van der Waals surface area (Å²) in [5, 5.41) is 2.96. The minimum Gasteiger partial charge on any atom is -0.342 e. The SMILES string of the molecule is CCC(C)C(=O)[C@H](NC(=O)c1cccc(C2CCCN(C(=O)C3CCCC3)C2)c1F)C1CCCCC1.[HH]. The predicted molar refractivity (Wildman–Crippen MR) is 141 cm³/mol. The normalized spacial score (nSPS) is 23.3. The highest BCUT2D eigenvalue weighted by molar-refractivity contribution is 5.98. The molecule has 0 bridgehead atoms. The van der Waals surface area contributed by atoms with E-state index in [1.807, 2.05) is 18.7 Å². The molecule has 1 aliphatic heterocycles. The van der Waals surface area contributed by atoms with Crippen molar-refractivity contribution in [2.24, 2.45) is 17.8 Å². The molecule has 1 saturated heterocycles. The number of ketones is 1. The smallest absolute Gasteiger partial charge is 0.254 e. The Kier molecular flexibility index (Phi) is 9.19. The first-order valence-electron chi connectivity index (χ1n) is 14.3. The molecule has 1 N–H and O–H groups in total. The van der Waals surface area contributed by atoms with Gasteiger partial charge in [-0.2, -0.15) is 0 Å². The van der Waals surface area contributed by atoms with Gasteiger partial charge in [-0.25, -0.2) is 4.39 Å². The van der Waals surface area contributed by atoms with Gasteiger partial charge in [-0.1, -0.05) is 58.1 Å². The molecule has 4 rings (SSSR count). The molecule has 2 saturated carbocycles. The first-order chi connectivity index (χ1) is 17.4. The van der Waals surface area contributed by atoms with E-state index in [2.05, 4.69) is 5.32 Å². The minimum absolute atomic E-state index is 0. The van der Waals surface area contributed by atoms with Crippen molar-refractivity contribution in [1.29, 1.82) is 0 Å². The van der Waals surface area contributed by atoms with Crippen LogP contribution in [-0.2, 0) is 9.59 Å². The lowest BCUT2D eigenvalue weighted by Crippen LogP contribution is -2.48. The third-order valence-corrected chi connectivity index (χ3v) is 8.96. The molecule has 1 aromatic carbocycles. The van der Waals surface area contributed by atoms with Gasteiger partial charge in [0.05, 0.1) is 11.6 Å². The van der Waals surface area contributed by atoms with E-state index in [-0.39, 0.29) is 42.4 Å². The third kappa shape index (κ3) is 6.00. The zero-order valence-corrected chi connectivity index (χ0v) is 22.1. The summed E-state index contributed by atoms with van der Waals surface area (Å²) in [5.41, 5.74) is 0.513. The van der Waals surface area contributed by atoms with Crippen LogP contribution in [0.2, 0.25) is 0 Å². The summed E-state index contributed by atoms with van der Waals surface area (Å²) in [7, 11) is 0. The molecule has 6 heteroatoms. The van der Waals surface area contributed by atoms with Crippen LogP contribution in [0.15, 0.2) is 18.2 Å². The van der Waals surface area contributed by atoms with Gasteiger partial charge < -0.3 is 10.2 Å². The zero-order valence-electron chi connectivity index (χ0n) is 22.1. The maximum absolute atomic E-state index is 15.8. The summed E-state index contributed by atoms with van der Waals surface area (Å²) < 4.78 is 15.8. The lowest BCUT2D eigenvalue weighted by Gasteiger charge is -2.35. The van der Waals surface area contributed by atoms with Gasteiger partial charge in [-0.05, 0) is 62.5 Å². The number of carbonyl (C=O) groups is 3. The number of hydrogen-bond donors (Lipinski definition) is 1. The Morgan fingerprint density at radius 2 is 1.72 bits per heavy atom. The van der Waals surface area contributed by atoms with Crippen LogP contribution >= 0.6 is 0 Å². The summed E-state index contributed by atoms with van der Waals surface area (Å²) >= 11 is 0. The van der Waals surface area contributed by atoms with Gasteiger partial charge in [0.25, 0.3) is 5.91 Å². The number of likely N-dealkylation sites (tertiary alicyclic amines) is 1. The van der Waals surface area contributed by atoms with E-state index in [4.69, 9.17) is 0 Å². The summed E-state index contributed by atoms with van der Waals surface area (Å²) in [4.78, 5) is 41.5. The quantitative estimate of drug-likeness (QED) is 0.458. The van der Waals surface area contributed by atoms with Crippen LogP contribution < -0.4 is 5.32 Å². The van der Waals surface area contributed by atoms with E-state index in [0.717, 1.165) is 83.6 Å². The van der Waals surface area contributed by atoms with E-state index < -0.39 is 17.8 Å². The van der Waals surface area contributed by atoms with Crippen LogP contribution in [0.4, 0.5) is 4.39 Å². The molecule has 0 aromatic heterocycles. The summed E-state index contributed by atoms with van der Waals surface area (Å²) in [6, 6.07) is 4.44. The molecule has 0 spiro atoms. The lowest BCUT2D eigenvalue weighted by molar-refractivity contribution is -0.136. The number of carbonyl (C=O) groups excluding carboxylic acids is 3. The number of halogens is 1. The third-order valence-electron chi connectivity index (χ3n) is 8.96. The van der Waals surface area contributed by atoms with Crippen LogP contribution in [0.5, 0.6) is 0 Å². The second-order valence-electron chi connectivity index (χ2n) is 11.4. The van der Waals surface area contributed by atoms with E-state index >= 15 is 4.39 Å². The molecule has 5 nitrogen and oxygen atoms in total. The number of piperidine rings is 1. The van der Waals surface area contributed by atoms with Crippen LogP contribution in [0, 0.1) is 23.6 Å². The van der Waals surface area contributed by atoms with E-state index in [9.17, 15) is 14.4 Å². The maximum Gasteiger partial charge on any atom is 0.254 e. The fourth-order valence-corrected chi connectivity index (χ4v) is 6.52. The maximum atomic E-state index is 15.8. The zero-order chi connectivity index (χ0) is 25.7. The average Bonchev–Trinajstić information content (AvgIpc) is 3.46. The topological polar surface area (TPSA) is 66.5 Å². The van der Waals surface area contributed by atoms with E-state index in [1.165, 1.54) is 6.07 Å². The van der Waals surface area contributed by atoms with Crippen molar-refractivity contribution < 1.29 is 20.2 Å². The number of rotatable bonds is 8. The fourth-order valence-electron chi connectivity index (χ4n) is 6.52. The number of benzene rings is 1. The molecule has 0 radical (unpaired) electrons. The Hall–Kier alpha value is -2.24. The van der Waals surface area contributed by atoms with Crippen molar-refractivity contribution in [3.05, 3.63) is 35.1 Å². The number of amides is 2. The van der Waals surface area contributed by atoms with Crippen molar-refractivity contribution in [3.63, 3.8) is 0 Å². The van der Waals surface area contributed by atoms with Gasteiger partial charge in [0.1, 0.15) is 5.82 Å². The molecule has 2 unspecified atom stereocenters. The Balaban J connectivity index is 0.00000380. The highest BCUT2D eigenvalue weighted by atomic mass is 19.1. The largest absolute Gasteiger partial charge is 0.342 e. The molecule has 2 amide bonds. The lowest BCUT2D eigenvalue weighted by atomic mass is 9.79. The van der Waals surface area contributed by atoms with Crippen LogP contribution in [0.3, 0.4) is 0 Å². The second-order valence-corrected chi connectivity index (χ2v) is 11.4. The highest BCUT2D eigenvalue weighted by Crippen LogP contribution is 2.34. The predicted octanol–water partition coefficient (Wildman–Crippen LogP) is 6.26. The van der Waals surface area contributed by atoms with Gasteiger partial charge in [0, 0.05) is 32.3 Å². The Labute approximate surface area is 217 Å². The van der Waals surface area contributed by atoms with Gasteiger partial charge in [-0.15, -0.1) is 0 Å². The standard InChI is InChI=1S/C30H43FN2O3.H2/c1-3-20(2)28(34)27(21-11-5-4-6-12-21)32-29(35)25-17-9-16-24(26(25)31)23-15-10-18-33(19-23)30(36)22-13-7-8-14-22;/h9,16-17,20-23,27H,3-8,10-15,18-19H2,1-2H3,(H,32,35);1H/t20?,23?,27-;/m1./s1. The second kappa shape index (κ2) is 12.3. The van der Waals surface area contributed by atoms with Crippen molar-refractivity contribution in [2.75, 3.05) is 13.1 Å². The summed E-state index contributed by atoms with van der Waals surface area (Å²) in [6.45, 7) is 5.13. The average molecular weight is 501 g/mol. The van der Waals surface area contributed by atoms with Gasteiger partial charge >= 0.3 is 0 Å². The Morgan fingerprint density at radius 3 is 2.42 bits per heavy atom. The first kappa shape index (κ1) is 26.8. The molecule has 200 valence electrons. The van der Waals surface area contributed by atoms with Crippen molar-refractivity contribution in [3.8, 4) is 0 Å². The van der Waals surface area contributed by atoms with Gasteiger partial charge in [-0.3, -0.25) is 14.4 Å². The molecular formula is C30H45FN2O3. The molecule has 2 aliphatic carbocycles. The molecular weight excluding hydrogens is 455 g/mol. The fraction of sp³-hybridized carbons (Fsp3) is 0.700. The van der Waals surface area contributed by atoms with Gasteiger partial charge in [0.2, 0.25) is 5.91 Å². The Morgan fingerprint density at radius 1 is 1.03 bits per heavy atom. The molecule has 36 heavy (non-hydrogen) atoms. The van der Waals surface area contributed by atoms with Crippen molar-refractivity contribution in [1.82, 2.24) is 10.2 Å². The number of hydrogen-bond acceptors (Lipinski definition) is 3. The minimum atomic E-state index is -0.565. The summed E-state index contributed by atoms with van der Waals surface area (Å²) in [5.74, 6) is -0.765. The van der Waals surface area contributed by atoms with E-state index in [0.29, 0.717) is 12.1 Å².